The van der Waals surface area contributed by atoms with Crippen LogP contribution in [0.4, 0.5) is 5.69 Å². The monoisotopic (exact) mass is 360 g/mol. The number of halogens is 1. The number of aromatic nitrogens is 1. The van der Waals surface area contributed by atoms with Gasteiger partial charge in [-0.05, 0) is 48.5 Å². The van der Waals surface area contributed by atoms with Gasteiger partial charge < -0.3 is 5.32 Å². The van der Waals surface area contributed by atoms with Crippen molar-refractivity contribution in [2.75, 3.05) is 11.1 Å². The van der Waals surface area contributed by atoms with Gasteiger partial charge in [0.25, 0.3) is 0 Å². The Morgan fingerprint density at radius 2 is 1.83 bits per heavy atom. The predicted octanol–water partition coefficient (Wildman–Crippen LogP) is 3.30. The largest absolute Gasteiger partial charge is 0.325 e. The van der Waals surface area contributed by atoms with E-state index in [0.29, 0.717) is 10.7 Å². The quantitative estimate of drug-likeness (QED) is 0.774. The van der Waals surface area contributed by atoms with Gasteiger partial charge in [-0.3, -0.25) is 9.78 Å². The van der Waals surface area contributed by atoms with Crippen LogP contribution in [-0.4, -0.2) is 25.1 Å². The van der Waals surface area contributed by atoms with Crippen LogP contribution in [0.5, 0.6) is 0 Å². The van der Waals surface area contributed by atoms with Crippen LogP contribution in [0.3, 0.4) is 0 Å². The molecule has 1 amide bonds. The normalized spacial score (nSPS) is 11.4. The average molecular weight is 361 g/mol. The lowest BCUT2D eigenvalue weighted by atomic mass is 10.2. The van der Waals surface area contributed by atoms with E-state index in [1.807, 2.05) is 6.07 Å². The maximum absolute atomic E-state index is 12.2. The highest BCUT2D eigenvalue weighted by molar-refractivity contribution is 7.92. The minimum atomic E-state index is -3.72. The summed E-state index contributed by atoms with van der Waals surface area (Å²) < 4.78 is 24.5. The summed E-state index contributed by atoms with van der Waals surface area (Å²) in [6.45, 7) is 0. The molecule has 0 spiro atoms. The first kappa shape index (κ1) is 16.4. The zero-order valence-corrected chi connectivity index (χ0v) is 14.0. The molecule has 2 aromatic carbocycles. The van der Waals surface area contributed by atoms with Gasteiger partial charge in [0.2, 0.25) is 5.91 Å². The molecule has 122 valence electrons. The summed E-state index contributed by atoms with van der Waals surface area (Å²) in [4.78, 5) is 16.3. The fraction of sp³-hybridized carbons (Fsp3) is 0.0588. The zero-order chi connectivity index (χ0) is 17.2. The summed E-state index contributed by atoms with van der Waals surface area (Å²) >= 11 is 5.74. The molecule has 1 aromatic heterocycles. The molecule has 1 heterocycles. The van der Waals surface area contributed by atoms with Crippen molar-refractivity contribution in [2.45, 2.75) is 4.90 Å². The van der Waals surface area contributed by atoms with Crippen molar-refractivity contribution in [3.8, 4) is 0 Å². The van der Waals surface area contributed by atoms with Crippen LogP contribution in [0.1, 0.15) is 0 Å². The number of carbonyl (C=O) groups is 1. The van der Waals surface area contributed by atoms with E-state index in [4.69, 9.17) is 11.6 Å². The number of amides is 1. The number of benzene rings is 2. The van der Waals surface area contributed by atoms with Crippen LogP contribution in [0.15, 0.2) is 65.7 Å². The molecular weight excluding hydrogens is 348 g/mol. The fourth-order valence-corrected chi connectivity index (χ4v) is 3.51. The number of carbonyl (C=O) groups excluding carboxylic acids is 1. The van der Waals surface area contributed by atoms with Gasteiger partial charge in [-0.15, -0.1) is 0 Å². The Balaban J connectivity index is 1.75. The maximum atomic E-state index is 12.2. The van der Waals surface area contributed by atoms with Crippen LogP contribution in [0, 0.1) is 0 Å². The molecule has 0 aliphatic rings. The first-order valence-corrected chi connectivity index (χ1v) is 9.10. The molecule has 0 saturated carbocycles. The summed E-state index contributed by atoms with van der Waals surface area (Å²) in [5.74, 6) is -1.24. The molecular formula is C17H13ClN2O3S. The molecule has 1 N–H and O–H groups in total. The maximum Gasteiger partial charge on any atom is 0.239 e. The second kappa shape index (κ2) is 6.59. The van der Waals surface area contributed by atoms with Crippen molar-refractivity contribution < 1.29 is 13.2 Å². The molecule has 0 atom stereocenters. The standard InChI is InChI=1S/C17H13ClN2O3S/c18-13-3-6-15(7-4-13)24(22,23)11-17(21)20-14-5-8-16-12(10-14)2-1-9-19-16/h1-10H,11H2,(H,20,21). The van der Waals surface area contributed by atoms with E-state index in [1.165, 1.54) is 24.3 Å². The van der Waals surface area contributed by atoms with Crippen molar-refractivity contribution in [2.24, 2.45) is 0 Å². The Morgan fingerprint density at radius 3 is 2.58 bits per heavy atom. The second-order valence-electron chi connectivity index (χ2n) is 5.17. The van der Waals surface area contributed by atoms with E-state index in [9.17, 15) is 13.2 Å². The molecule has 0 saturated heterocycles. The van der Waals surface area contributed by atoms with E-state index >= 15 is 0 Å². The molecule has 0 fully saturated rings. The molecule has 0 radical (unpaired) electrons. The third-order valence-corrected chi connectivity index (χ3v) is 5.27. The number of hydrogen-bond donors (Lipinski definition) is 1. The number of sulfone groups is 1. The molecule has 0 bridgehead atoms. The number of nitrogens with one attached hydrogen (secondary N) is 1. The van der Waals surface area contributed by atoms with Gasteiger partial charge in [0.1, 0.15) is 5.75 Å². The van der Waals surface area contributed by atoms with Gasteiger partial charge in [-0.25, -0.2) is 8.42 Å². The van der Waals surface area contributed by atoms with Gasteiger partial charge in [0, 0.05) is 22.3 Å². The third kappa shape index (κ3) is 3.72. The Morgan fingerprint density at radius 1 is 1.08 bits per heavy atom. The Hall–Kier alpha value is -2.44. The van der Waals surface area contributed by atoms with Crippen molar-refractivity contribution in [1.29, 1.82) is 0 Å². The SMILES string of the molecule is O=C(CS(=O)(=O)c1ccc(Cl)cc1)Nc1ccc2ncccc2c1. The minimum Gasteiger partial charge on any atom is -0.325 e. The number of rotatable bonds is 4. The number of hydrogen-bond acceptors (Lipinski definition) is 4. The smallest absolute Gasteiger partial charge is 0.239 e. The van der Waals surface area contributed by atoms with Crippen LogP contribution in [0.25, 0.3) is 10.9 Å². The summed E-state index contributed by atoms with van der Waals surface area (Å²) in [5, 5.41) is 3.89. The molecule has 3 rings (SSSR count). The van der Waals surface area contributed by atoms with Crippen molar-refractivity contribution >= 4 is 43.9 Å². The lowest BCUT2D eigenvalue weighted by Crippen LogP contribution is -2.23. The summed E-state index contributed by atoms with van der Waals surface area (Å²) in [7, 11) is -3.72. The van der Waals surface area contributed by atoms with Crippen LogP contribution in [-0.2, 0) is 14.6 Å². The minimum absolute atomic E-state index is 0.0600. The van der Waals surface area contributed by atoms with E-state index in [0.717, 1.165) is 10.9 Å². The predicted molar refractivity (Wildman–Crippen MR) is 93.9 cm³/mol. The van der Waals surface area contributed by atoms with Crippen LogP contribution in [0.2, 0.25) is 5.02 Å². The number of pyridine rings is 1. The molecule has 7 heteroatoms. The fourth-order valence-electron chi connectivity index (χ4n) is 2.25. The Bertz CT molecular complexity index is 1000. The summed E-state index contributed by atoms with van der Waals surface area (Å²) in [6.07, 6.45) is 1.68. The highest BCUT2D eigenvalue weighted by Gasteiger charge is 2.19. The highest BCUT2D eigenvalue weighted by Crippen LogP contribution is 2.18. The first-order valence-electron chi connectivity index (χ1n) is 7.07. The number of nitrogens with zero attached hydrogens (tertiary/aromatic N) is 1. The lowest BCUT2D eigenvalue weighted by molar-refractivity contribution is -0.113. The molecule has 3 aromatic rings. The highest BCUT2D eigenvalue weighted by atomic mass is 35.5. The van der Waals surface area contributed by atoms with E-state index in [-0.39, 0.29) is 4.90 Å². The van der Waals surface area contributed by atoms with Crippen molar-refractivity contribution in [3.63, 3.8) is 0 Å². The van der Waals surface area contributed by atoms with Crippen LogP contribution < -0.4 is 5.32 Å². The number of anilines is 1. The van der Waals surface area contributed by atoms with Crippen LogP contribution >= 0.6 is 11.6 Å². The summed E-state index contributed by atoms with van der Waals surface area (Å²) in [6, 6.07) is 14.6. The second-order valence-corrected chi connectivity index (χ2v) is 7.60. The van der Waals surface area contributed by atoms with Gasteiger partial charge >= 0.3 is 0 Å². The Labute approximate surface area is 144 Å². The van der Waals surface area contributed by atoms with Crippen molar-refractivity contribution in [1.82, 2.24) is 4.98 Å². The van der Waals surface area contributed by atoms with E-state index in [1.54, 1.807) is 30.5 Å². The van der Waals surface area contributed by atoms with Gasteiger partial charge in [0.15, 0.2) is 9.84 Å². The van der Waals surface area contributed by atoms with E-state index in [2.05, 4.69) is 10.3 Å². The topological polar surface area (TPSA) is 76.1 Å². The molecule has 5 nitrogen and oxygen atoms in total. The zero-order valence-electron chi connectivity index (χ0n) is 12.4. The average Bonchev–Trinajstić information content (AvgIpc) is 2.54. The molecule has 24 heavy (non-hydrogen) atoms. The van der Waals surface area contributed by atoms with E-state index < -0.39 is 21.5 Å². The molecule has 0 aliphatic heterocycles. The summed E-state index contributed by atoms with van der Waals surface area (Å²) in [5.41, 5.74) is 1.32. The van der Waals surface area contributed by atoms with Gasteiger partial charge in [-0.1, -0.05) is 17.7 Å². The van der Waals surface area contributed by atoms with Gasteiger partial charge in [-0.2, -0.15) is 0 Å². The Kier molecular flexibility index (Phi) is 4.51. The van der Waals surface area contributed by atoms with Crippen molar-refractivity contribution in [3.05, 3.63) is 65.8 Å². The molecule has 0 aliphatic carbocycles. The molecule has 0 unspecified atom stereocenters. The third-order valence-electron chi connectivity index (χ3n) is 3.38. The number of fused-ring (bicyclic) bond motifs is 1. The first-order chi connectivity index (χ1) is 11.4. The van der Waals surface area contributed by atoms with Gasteiger partial charge in [0.05, 0.1) is 10.4 Å². The lowest BCUT2D eigenvalue weighted by Gasteiger charge is -2.07.